The summed E-state index contributed by atoms with van der Waals surface area (Å²) in [5.74, 6) is -0.267. The molecule has 0 saturated carbocycles. The van der Waals surface area contributed by atoms with Crippen molar-refractivity contribution in [2.24, 2.45) is 0 Å². The number of benzene rings is 1. The van der Waals surface area contributed by atoms with E-state index in [1.807, 2.05) is 0 Å². The minimum absolute atomic E-state index is 0.0587. The van der Waals surface area contributed by atoms with E-state index in [4.69, 9.17) is 35.9 Å². The molecule has 1 aliphatic heterocycles. The largest absolute Gasteiger partial charge is 0.462 e. The molecule has 1 unspecified atom stereocenters. The van der Waals surface area contributed by atoms with Gasteiger partial charge in [0.1, 0.15) is 29.1 Å². The number of nitrogens with two attached hydrogens (primary N) is 1. The minimum atomic E-state index is -4.16. The Labute approximate surface area is 224 Å². The number of nitrogens with one attached hydrogen (secondary N) is 1. The van der Waals surface area contributed by atoms with E-state index in [0.717, 1.165) is 0 Å². The maximum absolute atomic E-state index is 13.8. The lowest BCUT2D eigenvalue weighted by Gasteiger charge is -2.30. The number of nitrogens with zero attached hydrogens (tertiary/aromatic N) is 4. The molecule has 1 saturated heterocycles. The SMILES string of the molecule is CC(C)OC(=O)[C@H](C)NP(=O)(OC[C@@]1(C)O[C@@H](n2cnc3c(N)nc(Cl)nc32)C[C@@H]1O)Oc1ccccc1. The third kappa shape index (κ3) is 6.25. The number of hydrogen-bond donors (Lipinski definition) is 3. The Morgan fingerprint density at radius 2 is 2.05 bits per heavy atom. The van der Waals surface area contributed by atoms with Crippen LogP contribution in [0.1, 0.15) is 40.3 Å². The zero-order chi connectivity index (χ0) is 27.7. The highest BCUT2D eigenvalue weighted by molar-refractivity contribution is 7.52. The fourth-order valence-corrected chi connectivity index (χ4v) is 5.60. The molecule has 1 aromatic carbocycles. The number of esters is 1. The van der Waals surface area contributed by atoms with Gasteiger partial charge in [-0.3, -0.25) is 13.9 Å². The van der Waals surface area contributed by atoms with Gasteiger partial charge >= 0.3 is 13.7 Å². The van der Waals surface area contributed by atoms with Crippen LogP contribution in [0.4, 0.5) is 5.82 Å². The number of nitrogen functional groups attached to an aromatic ring is 1. The molecule has 0 amide bonds. The van der Waals surface area contributed by atoms with Crippen LogP contribution in [0.15, 0.2) is 36.7 Å². The van der Waals surface area contributed by atoms with Gasteiger partial charge in [0.25, 0.3) is 0 Å². The fraction of sp³-hybridized carbons (Fsp3) is 0.478. The predicted octanol–water partition coefficient (Wildman–Crippen LogP) is 3.23. The van der Waals surface area contributed by atoms with Crippen LogP contribution in [0, 0.1) is 0 Å². The van der Waals surface area contributed by atoms with Crippen LogP contribution in [0.5, 0.6) is 5.75 Å². The second kappa shape index (κ2) is 11.1. The predicted molar refractivity (Wildman–Crippen MR) is 138 cm³/mol. The number of carbonyl (C=O) groups is 1. The molecule has 1 aliphatic rings. The van der Waals surface area contributed by atoms with Gasteiger partial charge in [0.05, 0.1) is 25.1 Å². The molecule has 3 aromatic rings. The van der Waals surface area contributed by atoms with Crippen molar-refractivity contribution in [2.45, 2.75) is 64.2 Å². The zero-order valence-corrected chi connectivity index (χ0v) is 22.9. The molecule has 0 aliphatic carbocycles. The Morgan fingerprint density at radius 3 is 2.74 bits per heavy atom. The van der Waals surface area contributed by atoms with E-state index < -0.39 is 37.7 Å². The number of imidazole rings is 1. The van der Waals surface area contributed by atoms with Crippen molar-refractivity contribution in [3.63, 3.8) is 0 Å². The molecule has 1 fully saturated rings. The number of rotatable bonds is 10. The highest BCUT2D eigenvalue weighted by atomic mass is 35.5. The van der Waals surface area contributed by atoms with Crippen molar-refractivity contribution in [3.05, 3.63) is 41.9 Å². The summed E-state index contributed by atoms with van der Waals surface area (Å²) in [7, 11) is -4.16. The lowest BCUT2D eigenvalue weighted by atomic mass is 10.0. The third-order valence-electron chi connectivity index (χ3n) is 5.81. The Hall–Kier alpha value is -2.80. The first-order chi connectivity index (χ1) is 17.9. The topological polar surface area (TPSA) is 173 Å². The Balaban J connectivity index is 1.53. The van der Waals surface area contributed by atoms with Gasteiger partial charge < -0.3 is 24.8 Å². The molecule has 0 bridgehead atoms. The first-order valence-corrected chi connectivity index (χ1v) is 13.8. The van der Waals surface area contributed by atoms with E-state index in [2.05, 4.69) is 20.0 Å². The molecule has 0 spiro atoms. The Morgan fingerprint density at radius 1 is 1.34 bits per heavy atom. The molecule has 38 heavy (non-hydrogen) atoms. The average Bonchev–Trinajstić information content (AvgIpc) is 3.39. The van der Waals surface area contributed by atoms with E-state index in [-0.39, 0.29) is 36.0 Å². The lowest BCUT2D eigenvalue weighted by molar-refractivity contribution is -0.149. The minimum Gasteiger partial charge on any atom is -0.462 e. The maximum Gasteiger partial charge on any atom is 0.459 e. The number of aliphatic hydroxyl groups is 1. The maximum atomic E-state index is 13.8. The molecular weight excluding hydrogens is 539 g/mol. The standard InChI is InChI=1S/C23H30ClN6O7P/c1-13(2)35-21(32)14(3)29-38(33,37-15-8-6-5-7-9-15)34-11-23(4)16(31)10-17(36-23)30-12-26-18-19(25)27-22(24)28-20(18)30/h5-9,12-14,16-17,31H,10-11H2,1-4H3,(H,29,33)(H2,25,27,28)/t14-,16-,17+,23+,38?/m0/s1. The summed E-state index contributed by atoms with van der Waals surface area (Å²) in [6.45, 7) is 6.15. The van der Waals surface area contributed by atoms with Crippen LogP contribution in [0.25, 0.3) is 11.2 Å². The lowest BCUT2D eigenvalue weighted by Crippen LogP contribution is -2.42. The number of halogens is 1. The number of hydrogen-bond acceptors (Lipinski definition) is 11. The molecule has 4 rings (SSSR count). The van der Waals surface area contributed by atoms with E-state index in [1.165, 1.54) is 13.3 Å². The van der Waals surface area contributed by atoms with Crippen molar-refractivity contribution in [1.29, 1.82) is 0 Å². The molecule has 206 valence electrons. The highest BCUT2D eigenvalue weighted by Gasteiger charge is 2.48. The summed E-state index contributed by atoms with van der Waals surface area (Å²) in [6.07, 6.45) is -0.510. The second-order valence-electron chi connectivity index (χ2n) is 9.35. The van der Waals surface area contributed by atoms with Crippen LogP contribution in [0.3, 0.4) is 0 Å². The monoisotopic (exact) mass is 568 g/mol. The summed E-state index contributed by atoms with van der Waals surface area (Å²) in [5.41, 5.74) is 5.25. The van der Waals surface area contributed by atoms with Gasteiger partial charge in [-0.25, -0.2) is 9.55 Å². The van der Waals surface area contributed by atoms with Crippen molar-refractivity contribution >= 4 is 42.3 Å². The quantitative estimate of drug-likeness (QED) is 0.185. The smallest absolute Gasteiger partial charge is 0.459 e. The van der Waals surface area contributed by atoms with Crippen LogP contribution >= 0.6 is 19.3 Å². The second-order valence-corrected chi connectivity index (χ2v) is 11.4. The van der Waals surface area contributed by atoms with Gasteiger partial charge in [-0.1, -0.05) is 18.2 Å². The van der Waals surface area contributed by atoms with Gasteiger partial charge in [-0.15, -0.1) is 0 Å². The number of aliphatic hydroxyl groups excluding tert-OH is 1. The molecule has 13 nitrogen and oxygen atoms in total. The fourth-order valence-electron chi connectivity index (χ4n) is 3.85. The molecule has 3 heterocycles. The molecule has 4 N–H and O–H groups in total. The van der Waals surface area contributed by atoms with Gasteiger partial charge in [-0.2, -0.15) is 15.1 Å². The molecule has 15 heteroatoms. The first kappa shape index (κ1) is 28.2. The first-order valence-electron chi connectivity index (χ1n) is 11.9. The van der Waals surface area contributed by atoms with Crippen molar-refractivity contribution in [2.75, 3.05) is 12.3 Å². The Bertz CT molecular complexity index is 1340. The third-order valence-corrected chi connectivity index (χ3v) is 7.61. The van der Waals surface area contributed by atoms with E-state index in [1.54, 1.807) is 55.7 Å². The van der Waals surface area contributed by atoms with Gasteiger partial charge in [0.2, 0.25) is 5.28 Å². The number of ether oxygens (including phenoxy) is 2. The molecule has 2 aromatic heterocycles. The van der Waals surface area contributed by atoms with E-state index in [9.17, 15) is 14.5 Å². The van der Waals surface area contributed by atoms with E-state index in [0.29, 0.717) is 11.2 Å². The zero-order valence-electron chi connectivity index (χ0n) is 21.3. The average molecular weight is 569 g/mol. The van der Waals surface area contributed by atoms with Crippen LogP contribution in [-0.4, -0.2) is 61.1 Å². The molecule has 0 radical (unpaired) electrons. The summed E-state index contributed by atoms with van der Waals surface area (Å²) >= 11 is 5.96. The Kier molecular flexibility index (Phi) is 8.26. The van der Waals surface area contributed by atoms with Gasteiger partial charge in [-0.05, 0) is 51.4 Å². The molecular formula is C23H30ClN6O7P. The number of anilines is 1. The summed E-state index contributed by atoms with van der Waals surface area (Å²) in [5, 5.41) is 13.5. The van der Waals surface area contributed by atoms with Gasteiger partial charge in [0, 0.05) is 6.42 Å². The van der Waals surface area contributed by atoms with Crippen molar-refractivity contribution in [3.8, 4) is 5.75 Å². The highest BCUT2D eigenvalue weighted by Crippen LogP contribution is 2.48. The number of para-hydroxylation sites is 1. The van der Waals surface area contributed by atoms with Crippen LogP contribution < -0.4 is 15.3 Å². The van der Waals surface area contributed by atoms with Crippen molar-refractivity contribution < 1.29 is 33.0 Å². The summed E-state index contributed by atoms with van der Waals surface area (Å²) < 4.78 is 38.1. The van der Waals surface area contributed by atoms with Gasteiger partial charge in [0.15, 0.2) is 11.5 Å². The number of aromatic nitrogens is 4. The van der Waals surface area contributed by atoms with Crippen LogP contribution in [0.2, 0.25) is 5.28 Å². The van der Waals surface area contributed by atoms with Crippen molar-refractivity contribution in [1.82, 2.24) is 24.6 Å². The number of carbonyl (C=O) groups excluding carboxylic acids is 1. The summed E-state index contributed by atoms with van der Waals surface area (Å²) in [6, 6.07) is 7.33. The normalized spacial score (nSPS) is 23.9. The van der Waals surface area contributed by atoms with Crippen LogP contribution in [-0.2, 0) is 23.4 Å². The molecule has 5 atom stereocenters. The number of fused-ring (bicyclic) bond motifs is 1. The van der Waals surface area contributed by atoms with E-state index >= 15 is 0 Å². The summed E-state index contributed by atoms with van der Waals surface area (Å²) in [4.78, 5) is 24.7.